The van der Waals surface area contributed by atoms with Crippen LogP contribution in [0.15, 0.2) is 24.4 Å². The van der Waals surface area contributed by atoms with Gasteiger partial charge in [-0.1, -0.05) is 78.5 Å². The van der Waals surface area contributed by atoms with Gasteiger partial charge in [0.2, 0.25) is 0 Å². The Balaban J connectivity index is 2.97. The number of hydrogen-bond donors (Lipinski definition) is 0. The zero-order valence-electron chi connectivity index (χ0n) is 19.6. The molecule has 27 heavy (non-hydrogen) atoms. The van der Waals surface area contributed by atoms with Gasteiger partial charge in [0.15, 0.2) is 8.24 Å². The van der Waals surface area contributed by atoms with Gasteiger partial charge in [0.05, 0.1) is 8.07 Å². The van der Waals surface area contributed by atoms with Crippen LogP contribution in [0.3, 0.4) is 0 Å². The SMILES string of the molecule is CC(C)[Si](C(C)C)(C(C)C)n1cc(CN(C)C)c2c([Si](C)(C)C)cccc21. The Morgan fingerprint density at radius 1 is 0.889 bits per heavy atom. The minimum atomic E-state index is -1.77. The van der Waals surface area contributed by atoms with Gasteiger partial charge in [0.1, 0.15) is 0 Å². The molecule has 1 aromatic heterocycles. The molecule has 1 aromatic carbocycles. The Morgan fingerprint density at radius 2 is 1.41 bits per heavy atom. The first-order valence-electron chi connectivity index (χ1n) is 10.6. The van der Waals surface area contributed by atoms with Gasteiger partial charge in [0, 0.05) is 23.6 Å². The smallest absolute Gasteiger partial charge is 0.169 e. The molecule has 0 unspecified atom stereocenters. The molecular weight excluding hydrogens is 360 g/mol. The van der Waals surface area contributed by atoms with Gasteiger partial charge in [-0.25, -0.2) is 0 Å². The summed E-state index contributed by atoms with van der Waals surface area (Å²) in [6.45, 7) is 23.3. The van der Waals surface area contributed by atoms with Crippen LogP contribution < -0.4 is 5.19 Å². The molecule has 0 N–H and O–H groups in total. The summed E-state index contributed by atoms with van der Waals surface area (Å²) >= 11 is 0. The van der Waals surface area contributed by atoms with Crippen molar-refractivity contribution in [1.82, 2.24) is 9.13 Å². The standard InChI is InChI=1S/C23H42N2Si2/c1-17(2)27(18(3)4,19(5)6)25-16-20(15-24(7)8)23-21(25)13-12-14-22(23)26(9,10)11/h12-14,16-19H,15H2,1-11H3. The lowest BCUT2D eigenvalue weighted by Crippen LogP contribution is -2.51. The van der Waals surface area contributed by atoms with Gasteiger partial charge in [0.25, 0.3) is 0 Å². The Labute approximate surface area is 170 Å². The zero-order chi connectivity index (χ0) is 20.7. The molecule has 0 aliphatic rings. The van der Waals surface area contributed by atoms with Crippen molar-refractivity contribution < 1.29 is 0 Å². The summed E-state index contributed by atoms with van der Waals surface area (Å²) in [5.41, 5.74) is 5.13. The Bertz CT molecular complexity index is 758. The summed E-state index contributed by atoms with van der Waals surface area (Å²) < 4.78 is 2.81. The summed E-state index contributed by atoms with van der Waals surface area (Å²) in [6.07, 6.45) is 2.56. The molecule has 0 spiro atoms. The summed E-state index contributed by atoms with van der Waals surface area (Å²) in [6, 6.07) is 7.11. The van der Waals surface area contributed by atoms with Crippen molar-refractivity contribution in [3.05, 3.63) is 30.0 Å². The number of rotatable bonds is 7. The lowest BCUT2D eigenvalue weighted by molar-refractivity contribution is 0.404. The first-order valence-corrected chi connectivity index (χ1v) is 16.3. The molecular formula is C23H42N2Si2. The number of fused-ring (bicyclic) bond motifs is 1. The normalized spacial score (nSPS) is 13.7. The van der Waals surface area contributed by atoms with E-state index in [-0.39, 0.29) is 0 Å². The molecule has 2 aromatic rings. The van der Waals surface area contributed by atoms with Crippen LogP contribution in [-0.4, -0.2) is 39.5 Å². The summed E-state index contributed by atoms with van der Waals surface area (Å²) in [4.78, 5) is 2.32. The maximum Gasteiger partial charge on any atom is 0.169 e. The van der Waals surface area contributed by atoms with Gasteiger partial charge in [-0.2, -0.15) is 0 Å². The first-order chi connectivity index (χ1) is 12.3. The number of nitrogens with zero attached hydrogens (tertiary/aromatic N) is 2. The van der Waals surface area contributed by atoms with Crippen LogP contribution in [-0.2, 0) is 6.54 Å². The molecule has 0 saturated heterocycles. The van der Waals surface area contributed by atoms with Gasteiger partial charge in [-0.3, -0.25) is 0 Å². The van der Waals surface area contributed by atoms with E-state index in [0.717, 1.165) is 6.54 Å². The maximum absolute atomic E-state index is 2.81. The molecule has 0 amide bonds. The molecule has 4 heteroatoms. The third-order valence-corrected chi connectivity index (χ3v) is 15.2. The fourth-order valence-corrected chi connectivity index (χ4v) is 13.9. The highest BCUT2D eigenvalue weighted by atomic mass is 28.3. The fourth-order valence-electron chi connectivity index (χ4n) is 5.61. The Kier molecular flexibility index (Phi) is 6.55. The van der Waals surface area contributed by atoms with Crippen LogP contribution >= 0.6 is 0 Å². The predicted molar refractivity (Wildman–Crippen MR) is 129 cm³/mol. The second-order valence-corrected chi connectivity index (χ2v) is 21.3. The summed E-state index contributed by atoms with van der Waals surface area (Å²) in [7, 11) is 1.19. The van der Waals surface area contributed by atoms with E-state index in [2.05, 4.69) is 109 Å². The van der Waals surface area contributed by atoms with Crippen LogP contribution in [0.4, 0.5) is 0 Å². The van der Waals surface area contributed by atoms with Gasteiger partial charge >= 0.3 is 0 Å². The molecule has 0 bridgehead atoms. The van der Waals surface area contributed by atoms with E-state index in [1.807, 2.05) is 0 Å². The van der Waals surface area contributed by atoms with Crippen LogP contribution in [0, 0.1) is 0 Å². The number of hydrogen-bond acceptors (Lipinski definition) is 1. The number of aromatic nitrogens is 1. The molecule has 1 heterocycles. The van der Waals surface area contributed by atoms with E-state index < -0.39 is 16.3 Å². The predicted octanol–water partition coefficient (Wildman–Crippen LogP) is 6.27. The average molecular weight is 403 g/mol. The first kappa shape index (κ1) is 22.4. The summed E-state index contributed by atoms with van der Waals surface area (Å²) in [5, 5.41) is 3.18. The minimum absolute atomic E-state index is 0.704. The second kappa shape index (κ2) is 7.88. The van der Waals surface area contributed by atoms with E-state index in [1.165, 1.54) is 11.1 Å². The monoisotopic (exact) mass is 402 g/mol. The molecule has 0 aliphatic carbocycles. The third kappa shape index (κ3) is 3.85. The quantitative estimate of drug-likeness (QED) is 0.495. The van der Waals surface area contributed by atoms with E-state index in [0.29, 0.717) is 16.6 Å². The Morgan fingerprint density at radius 3 is 1.81 bits per heavy atom. The van der Waals surface area contributed by atoms with Crippen LogP contribution in [0.2, 0.25) is 36.3 Å². The third-order valence-electron chi connectivity index (χ3n) is 6.39. The fraction of sp³-hybridized carbons (Fsp3) is 0.652. The van der Waals surface area contributed by atoms with Crippen molar-refractivity contribution in [2.24, 2.45) is 0 Å². The van der Waals surface area contributed by atoms with E-state index in [1.54, 1.807) is 10.6 Å². The lowest BCUT2D eigenvalue weighted by atomic mass is 10.1. The van der Waals surface area contributed by atoms with Crippen molar-refractivity contribution in [3.63, 3.8) is 0 Å². The molecule has 0 atom stereocenters. The molecule has 0 aliphatic heterocycles. The highest BCUT2D eigenvalue weighted by Crippen LogP contribution is 2.44. The largest absolute Gasteiger partial charge is 0.373 e. The molecule has 0 radical (unpaired) electrons. The molecule has 0 saturated carbocycles. The molecule has 2 nitrogen and oxygen atoms in total. The minimum Gasteiger partial charge on any atom is -0.373 e. The van der Waals surface area contributed by atoms with Gasteiger partial charge < -0.3 is 9.13 Å². The van der Waals surface area contributed by atoms with Crippen LogP contribution in [0.1, 0.15) is 47.1 Å². The van der Waals surface area contributed by atoms with Crippen molar-refractivity contribution in [1.29, 1.82) is 0 Å². The average Bonchev–Trinajstić information content (AvgIpc) is 2.84. The van der Waals surface area contributed by atoms with E-state index in [9.17, 15) is 0 Å². The summed E-state index contributed by atoms with van der Waals surface area (Å²) in [5.74, 6) is 0. The molecule has 152 valence electrons. The van der Waals surface area contributed by atoms with Crippen LogP contribution in [0.25, 0.3) is 10.9 Å². The molecule has 2 rings (SSSR count). The molecule has 0 fully saturated rings. The highest BCUT2D eigenvalue weighted by Gasteiger charge is 2.46. The lowest BCUT2D eigenvalue weighted by Gasteiger charge is -2.44. The second-order valence-electron chi connectivity index (χ2n) is 10.6. The van der Waals surface area contributed by atoms with Crippen molar-refractivity contribution in [2.75, 3.05) is 14.1 Å². The van der Waals surface area contributed by atoms with Crippen molar-refractivity contribution >= 4 is 32.4 Å². The van der Waals surface area contributed by atoms with Gasteiger partial charge in [-0.05, 0) is 42.3 Å². The topological polar surface area (TPSA) is 8.17 Å². The van der Waals surface area contributed by atoms with Crippen molar-refractivity contribution in [3.8, 4) is 0 Å². The zero-order valence-corrected chi connectivity index (χ0v) is 21.6. The van der Waals surface area contributed by atoms with E-state index >= 15 is 0 Å². The van der Waals surface area contributed by atoms with E-state index in [4.69, 9.17) is 0 Å². The van der Waals surface area contributed by atoms with Crippen molar-refractivity contribution in [2.45, 2.75) is 84.4 Å². The number of benzene rings is 1. The highest BCUT2D eigenvalue weighted by molar-refractivity contribution is 6.90. The maximum atomic E-state index is 2.81. The van der Waals surface area contributed by atoms with Gasteiger partial charge in [-0.15, -0.1) is 0 Å². The Hall–Kier alpha value is -0.846. The van der Waals surface area contributed by atoms with Crippen LogP contribution in [0.5, 0.6) is 0 Å².